The van der Waals surface area contributed by atoms with Crippen LogP contribution in [0.4, 0.5) is 13.2 Å². The number of hydrogen-bond acceptors (Lipinski definition) is 2. The molecular weight excluding hydrogens is 341 g/mol. The molecule has 0 amide bonds. The number of hydrogen-bond donors (Lipinski definition) is 0. The van der Waals surface area contributed by atoms with E-state index in [2.05, 4.69) is 37.7 Å². The maximum absolute atomic E-state index is 11.9. The zero-order chi connectivity index (χ0) is 19.8. The van der Waals surface area contributed by atoms with Gasteiger partial charge in [0.1, 0.15) is 0 Å². The minimum absolute atomic E-state index is 0.211. The average Bonchev–Trinajstić information content (AvgIpc) is 2.51. The van der Waals surface area contributed by atoms with Gasteiger partial charge in [0, 0.05) is 0 Å². The highest BCUT2D eigenvalue weighted by Crippen LogP contribution is 2.40. The molecule has 0 aliphatic heterocycles. The summed E-state index contributed by atoms with van der Waals surface area (Å²) in [5.74, 6) is -2.13. The molecule has 0 unspecified atom stereocenters. The van der Waals surface area contributed by atoms with Gasteiger partial charge >= 0.3 is 12.1 Å². The third-order valence-corrected chi connectivity index (χ3v) is 4.53. The summed E-state index contributed by atoms with van der Waals surface area (Å²) in [6.07, 6.45) is 9.59. The fourth-order valence-electron chi connectivity index (χ4n) is 3.04. The minimum atomic E-state index is -4.91. The van der Waals surface area contributed by atoms with Crippen molar-refractivity contribution in [3.05, 3.63) is 47.1 Å². The smallest absolute Gasteiger partial charge is 0.459 e. The molecule has 0 aromatic rings. The van der Waals surface area contributed by atoms with Crippen molar-refractivity contribution in [2.75, 3.05) is 6.61 Å². The van der Waals surface area contributed by atoms with Crippen molar-refractivity contribution < 1.29 is 22.7 Å². The summed E-state index contributed by atoms with van der Waals surface area (Å²) in [5.41, 5.74) is 4.18. The van der Waals surface area contributed by atoms with E-state index in [1.807, 2.05) is 25.2 Å². The summed E-state index contributed by atoms with van der Waals surface area (Å²) in [4.78, 5) is 10.5. The van der Waals surface area contributed by atoms with E-state index in [-0.39, 0.29) is 12.0 Å². The van der Waals surface area contributed by atoms with Crippen molar-refractivity contribution in [3.63, 3.8) is 0 Å². The Morgan fingerprint density at radius 2 is 2.00 bits per heavy atom. The number of halogens is 3. The number of allylic oxidation sites excluding steroid dienone is 8. The van der Waals surface area contributed by atoms with Crippen molar-refractivity contribution in [1.29, 1.82) is 0 Å². The van der Waals surface area contributed by atoms with Crippen LogP contribution in [0.3, 0.4) is 0 Å². The summed E-state index contributed by atoms with van der Waals surface area (Å²) in [6.45, 7) is 8.54. The van der Waals surface area contributed by atoms with Crippen LogP contribution >= 0.6 is 0 Å². The van der Waals surface area contributed by atoms with E-state index in [4.69, 9.17) is 0 Å². The van der Waals surface area contributed by atoms with E-state index in [1.54, 1.807) is 0 Å². The quantitative estimate of drug-likeness (QED) is 0.292. The molecule has 5 heteroatoms. The van der Waals surface area contributed by atoms with Crippen LogP contribution in [0.25, 0.3) is 0 Å². The van der Waals surface area contributed by atoms with E-state index in [1.165, 1.54) is 24.0 Å². The number of alkyl halides is 3. The molecule has 0 heterocycles. The largest absolute Gasteiger partial charge is 0.490 e. The standard InChI is InChI=1S/C21H29F3O2/c1-16(12-13-18-17(2)11-9-14-20(18,3)4)10-7-5-6-8-15-26-19(25)21(22,23)24/h5,7,10,12-13H,6,8-9,11,14-15H2,1-4H3/b7-5+,13-12+,16-10+. The Balaban J connectivity index is 2.42. The Kier molecular flexibility index (Phi) is 8.38. The molecule has 1 aliphatic carbocycles. The molecule has 2 nitrogen and oxygen atoms in total. The van der Waals surface area contributed by atoms with Crippen LogP contribution in [0.5, 0.6) is 0 Å². The molecule has 26 heavy (non-hydrogen) atoms. The summed E-state index contributed by atoms with van der Waals surface area (Å²) < 4.78 is 40.0. The summed E-state index contributed by atoms with van der Waals surface area (Å²) in [6, 6.07) is 0. The van der Waals surface area contributed by atoms with E-state index >= 15 is 0 Å². The number of esters is 1. The first-order valence-electron chi connectivity index (χ1n) is 9.00. The molecule has 0 aromatic heterocycles. The summed E-state index contributed by atoms with van der Waals surface area (Å²) in [7, 11) is 0. The first-order valence-corrected chi connectivity index (χ1v) is 9.00. The lowest BCUT2D eigenvalue weighted by atomic mass is 9.72. The number of rotatable bonds is 7. The maximum atomic E-state index is 11.9. The molecule has 0 saturated heterocycles. The molecule has 0 radical (unpaired) electrons. The lowest BCUT2D eigenvalue weighted by Crippen LogP contribution is -2.25. The lowest BCUT2D eigenvalue weighted by molar-refractivity contribution is -0.199. The van der Waals surface area contributed by atoms with Crippen LogP contribution in [0, 0.1) is 5.41 Å². The fourth-order valence-corrected chi connectivity index (χ4v) is 3.04. The van der Waals surface area contributed by atoms with Gasteiger partial charge in [-0.15, -0.1) is 0 Å². The van der Waals surface area contributed by atoms with Crippen LogP contribution in [0.1, 0.15) is 59.8 Å². The van der Waals surface area contributed by atoms with Crippen LogP contribution < -0.4 is 0 Å². The second kappa shape index (κ2) is 9.79. The predicted molar refractivity (Wildman–Crippen MR) is 98.6 cm³/mol. The van der Waals surface area contributed by atoms with Gasteiger partial charge in [-0.05, 0) is 56.9 Å². The van der Waals surface area contributed by atoms with Crippen LogP contribution in [0.15, 0.2) is 47.1 Å². The normalized spacial score (nSPS) is 18.8. The molecule has 0 atom stereocenters. The van der Waals surface area contributed by atoms with Gasteiger partial charge in [0.2, 0.25) is 0 Å². The van der Waals surface area contributed by atoms with Crippen molar-refractivity contribution in [2.24, 2.45) is 5.41 Å². The Morgan fingerprint density at radius 1 is 1.31 bits per heavy atom. The highest BCUT2D eigenvalue weighted by Gasteiger charge is 2.40. The monoisotopic (exact) mass is 370 g/mol. The average molecular weight is 370 g/mol. The van der Waals surface area contributed by atoms with E-state index < -0.39 is 12.1 Å². The summed E-state index contributed by atoms with van der Waals surface area (Å²) >= 11 is 0. The van der Waals surface area contributed by atoms with Crippen LogP contribution in [-0.2, 0) is 9.53 Å². The molecule has 0 N–H and O–H groups in total. The molecule has 1 aliphatic rings. The Labute approximate surface area is 154 Å². The predicted octanol–water partition coefficient (Wildman–Crippen LogP) is 6.46. The number of ether oxygens (including phenoxy) is 1. The maximum Gasteiger partial charge on any atom is 0.490 e. The highest BCUT2D eigenvalue weighted by molar-refractivity contribution is 5.75. The first-order chi connectivity index (χ1) is 12.0. The Hall–Kier alpha value is -1.78. The van der Waals surface area contributed by atoms with E-state index in [9.17, 15) is 18.0 Å². The topological polar surface area (TPSA) is 26.3 Å². The second-order valence-corrected chi connectivity index (χ2v) is 7.38. The minimum Gasteiger partial charge on any atom is -0.459 e. The Morgan fingerprint density at radius 3 is 2.62 bits per heavy atom. The third kappa shape index (κ3) is 7.63. The highest BCUT2D eigenvalue weighted by atomic mass is 19.4. The molecule has 146 valence electrons. The zero-order valence-electron chi connectivity index (χ0n) is 16.1. The van der Waals surface area contributed by atoms with Crippen molar-refractivity contribution in [2.45, 2.75) is 66.0 Å². The number of carbonyl (C=O) groups is 1. The molecule has 1 rings (SSSR count). The number of carbonyl (C=O) groups excluding carboxylic acids is 1. The van der Waals surface area contributed by atoms with Crippen molar-refractivity contribution >= 4 is 5.97 Å². The SMILES string of the molecule is CC1=C(/C=C/C(C)=C/C=C/CCCOC(=O)C(F)(F)F)C(C)(C)CCC1. The van der Waals surface area contributed by atoms with Gasteiger partial charge in [-0.25, -0.2) is 4.79 Å². The van der Waals surface area contributed by atoms with E-state index in [0.717, 1.165) is 12.0 Å². The number of unbranched alkanes of at least 4 members (excludes halogenated alkanes) is 1. The van der Waals surface area contributed by atoms with Gasteiger partial charge in [0.25, 0.3) is 0 Å². The molecule has 0 aromatic carbocycles. The van der Waals surface area contributed by atoms with Crippen molar-refractivity contribution in [1.82, 2.24) is 0 Å². The first kappa shape index (κ1) is 22.3. The van der Waals surface area contributed by atoms with Crippen LogP contribution in [-0.4, -0.2) is 18.8 Å². The lowest BCUT2D eigenvalue weighted by Gasteiger charge is -2.32. The van der Waals surface area contributed by atoms with Gasteiger partial charge in [-0.2, -0.15) is 13.2 Å². The molecule has 0 saturated carbocycles. The fraction of sp³-hybridized carbons (Fsp3) is 0.571. The van der Waals surface area contributed by atoms with Gasteiger partial charge in [-0.1, -0.05) is 55.4 Å². The second-order valence-electron chi connectivity index (χ2n) is 7.38. The van der Waals surface area contributed by atoms with Crippen molar-refractivity contribution in [3.8, 4) is 0 Å². The molecule has 0 bridgehead atoms. The Bertz CT molecular complexity index is 605. The van der Waals surface area contributed by atoms with Gasteiger partial charge in [0.15, 0.2) is 0 Å². The molecule has 0 fully saturated rings. The molecule has 0 spiro atoms. The zero-order valence-corrected chi connectivity index (χ0v) is 16.1. The summed E-state index contributed by atoms with van der Waals surface area (Å²) in [5, 5.41) is 0. The van der Waals surface area contributed by atoms with E-state index in [0.29, 0.717) is 12.8 Å². The van der Waals surface area contributed by atoms with Crippen LogP contribution in [0.2, 0.25) is 0 Å². The van der Waals surface area contributed by atoms with Gasteiger partial charge < -0.3 is 4.74 Å². The third-order valence-electron chi connectivity index (χ3n) is 4.53. The van der Waals surface area contributed by atoms with Gasteiger partial charge in [-0.3, -0.25) is 0 Å². The molecular formula is C21H29F3O2. The van der Waals surface area contributed by atoms with Gasteiger partial charge in [0.05, 0.1) is 6.61 Å².